The summed E-state index contributed by atoms with van der Waals surface area (Å²) in [4.78, 5) is 22.3. The second kappa shape index (κ2) is 18.1. The van der Waals surface area contributed by atoms with Gasteiger partial charge in [0.1, 0.15) is 11.6 Å². The number of rotatable bonds is 9. The number of nitrogens with zero attached hydrogens (tertiary/aromatic N) is 1. The molecule has 0 saturated heterocycles. The SMILES string of the molecule is COC(=O)c1ccc(CBr)c(F)c1.COC(=O)c1ccc(CN(c2ccccc2)S(C)(=O)=O)c(F)c1.CS(=O)(=O)Nc1ccccc1. The monoisotopic (exact) mass is 754 g/mol. The third kappa shape index (κ3) is 13.1. The number of sulfonamides is 2. The molecule has 47 heavy (non-hydrogen) atoms. The Kier molecular flexibility index (Phi) is 15.0. The molecule has 0 saturated carbocycles. The number of carbonyl (C=O) groups is 2. The van der Waals surface area contributed by atoms with Crippen LogP contribution < -0.4 is 9.03 Å². The Labute approximate surface area is 281 Å². The van der Waals surface area contributed by atoms with Gasteiger partial charge >= 0.3 is 11.9 Å². The average Bonchev–Trinajstić information content (AvgIpc) is 3.03. The molecule has 0 bridgehead atoms. The normalized spacial score (nSPS) is 10.7. The Morgan fingerprint density at radius 3 is 1.55 bits per heavy atom. The molecular formula is C32H33BrF2N2O8S2. The molecule has 1 N–H and O–H groups in total. The highest BCUT2D eigenvalue weighted by Gasteiger charge is 2.20. The summed E-state index contributed by atoms with van der Waals surface area (Å²) in [6.07, 6.45) is 2.18. The van der Waals surface area contributed by atoms with Crippen LogP contribution in [0.2, 0.25) is 0 Å². The van der Waals surface area contributed by atoms with Crippen LogP contribution in [-0.2, 0) is 41.4 Å². The number of benzene rings is 4. The van der Waals surface area contributed by atoms with Crippen LogP contribution in [0, 0.1) is 11.6 Å². The standard InChI is InChI=1S/C16H16FNO4S.C9H8BrFO2.C7H9NO2S/c1-22-16(19)12-8-9-13(15(17)10-12)11-18(23(2,20)21)14-6-4-3-5-7-14;1-13-9(12)6-2-3-7(5-10)8(11)4-6;1-11(9,10)8-7-5-3-2-4-6-7/h3-10H,11H2,1-2H3;2-4H,5H2,1H3;2-6,8H,1H3. The Bertz CT molecular complexity index is 1860. The maximum atomic E-state index is 14.2. The van der Waals surface area contributed by atoms with Gasteiger partial charge in [-0.3, -0.25) is 9.03 Å². The van der Waals surface area contributed by atoms with Crippen molar-refractivity contribution >= 4 is 59.3 Å². The number of anilines is 2. The number of para-hydroxylation sites is 2. The molecule has 252 valence electrons. The van der Waals surface area contributed by atoms with E-state index in [0.29, 0.717) is 22.3 Å². The average molecular weight is 756 g/mol. The molecule has 10 nitrogen and oxygen atoms in total. The fourth-order valence-corrected chi connectivity index (χ4v) is 5.59. The van der Waals surface area contributed by atoms with Crippen LogP contribution in [-0.4, -0.2) is 55.5 Å². The van der Waals surface area contributed by atoms with Crippen molar-refractivity contribution in [2.45, 2.75) is 11.9 Å². The first-order valence-electron chi connectivity index (χ1n) is 13.4. The lowest BCUT2D eigenvalue weighted by molar-refractivity contribution is 0.0591. The number of carbonyl (C=O) groups excluding carboxylic acids is 2. The second-order valence-corrected chi connectivity index (χ2v) is 13.8. The van der Waals surface area contributed by atoms with E-state index in [2.05, 4.69) is 30.1 Å². The molecule has 0 aliphatic carbocycles. The molecule has 0 spiro atoms. The molecule has 0 fully saturated rings. The van der Waals surface area contributed by atoms with Crippen molar-refractivity contribution in [3.05, 3.63) is 131 Å². The van der Waals surface area contributed by atoms with E-state index in [1.807, 2.05) is 6.07 Å². The zero-order valence-corrected chi connectivity index (χ0v) is 29.0. The van der Waals surface area contributed by atoms with Gasteiger partial charge in [-0.1, -0.05) is 64.5 Å². The lowest BCUT2D eigenvalue weighted by atomic mass is 10.1. The third-order valence-corrected chi connectivity index (χ3v) is 8.28. The van der Waals surface area contributed by atoms with Crippen LogP contribution in [0.25, 0.3) is 0 Å². The van der Waals surface area contributed by atoms with Crippen LogP contribution >= 0.6 is 15.9 Å². The topological polar surface area (TPSA) is 136 Å². The van der Waals surface area contributed by atoms with Gasteiger partial charge in [-0.25, -0.2) is 35.2 Å². The molecule has 0 heterocycles. The van der Waals surface area contributed by atoms with Gasteiger partial charge in [0.2, 0.25) is 20.0 Å². The van der Waals surface area contributed by atoms with Gasteiger partial charge < -0.3 is 9.47 Å². The van der Waals surface area contributed by atoms with Crippen molar-refractivity contribution in [1.29, 1.82) is 0 Å². The molecule has 0 aliphatic rings. The molecule has 0 aromatic heterocycles. The van der Waals surface area contributed by atoms with Crippen LogP contribution in [0.4, 0.5) is 20.2 Å². The van der Waals surface area contributed by atoms with Crippen molar-refractivity contribution < 1.29 is 44.7 Å². The Morgan fingerprint density at radius 1 is 0.723 bits per heavy atom. The summed E-state index contributed by atoms with van der Waals surface area (Å²) in [5, 5.41) is 0.431. The van der Waals surface area contributed by atoms with Gasteiger partial charge in [0, 0.05) is 16.6 Å². The summed E-state index contributed by atoms with van der Waals surface area (Å²) in [5.74, 6) is -2.25. The lowest BCUT2D eigenvalue weighted by Crippen LogP contribution is -2.29. The maximum absolute atomic E-state index is 14.2. The molecule has 0 radical (unpaired) electrons. The highest BCUT2D eigenvalue weighted by Crippen LogP contribution is 2.22. The van der Waals surface area contributed by atoms with Crippen LogP contribution in [0.15, 0.2) is 97.1 Å². The van der Waals surface area contributed by atoms with E-state index in [1.54, 1.807) is 60.7 Å². The summed E-state index contributed by atoms with van der Waals surface area (Å²) in [5.41, 5.74) is 2.00. The zero-order valence-electron chi connectivity index (χ0n) is 25.8. The largest absolute Gasteiger partial charge is 0.465 e. The molecule has 4 aromatic rings. The van der Waals surface area contributed by atoms with E-state index < -0.39 is 43.6 Å². The Morgan fingerprint density at radius 2 is 1.17 bits per heavy atom. The van der Waals surface area contributed by atoms with Crippen LogP contribution in [0.1, 0.15) is 31.8 Å². The maximum Gasteiger partial charge on any atom is 0.337 e. The number of methoxy groups -OCH3 is 2. The van der Waals surface area contributed by atoms with Gasteiger partial charge in [0.05, 0.1) is 50.1 Å². The lowest BCUT2D eigenvalue weighted by Gasteiger charge is -2.22. The predicted octanol–water partition coefficient (Wildman–Crippen LogP) is 6.14. The highest BCUT2D eigenvalue weighted by molar-refractivity contribution is 9.08. The first-order valence-corrected chi connectivity index (χ1v) is 18.3. The van der Waals surface area contributed by atoms with E-state index >= 15 is 0 Å². The van der Waals surface area contributed by atoms with Crippen LogP contribution in [0.3, 0.4) is 0 Å². The number of alkyl halides is 1. The van der Waals surface area contributed by atoms with Crippen LogP contribution in [0.5, 0.6) is 0 Å². The highest BCUT2D eigenvalue weighted by atomic mass is 79.9. The molecule has 15 heteroatoms. The van der Waals surface area contributed by atoms with Crippen molar-refractivity contribution in [1.82, 2.24) is 0 Å². The van der Waals surface area contributed by atoms with Crippen molar-refractivity contribution in [3.63, 3.8) is 0 Å². The summed E-state index contributed by atoms with van der Waals surface area (Å²) >= 11 is 3.13. The fourth-order valence-electron chi connectivity index (χ4n) is 3.69. The Hall–Kier alpha value is -4.34. The van der Waals surface area contributed by atoms with Gasteiger partial charge in [0.25, 0.3) is 0 Å². The van der Waals surface area contributed by atoms with E-state index in [0.717, 1.165) is 22.9 Å². The molecule has 4 aromatic carbocycles. The molecule has 0 aliphatic heterocycles. The van der Waals surface area contributed by atoms with Gasteiger partial charge in [-0.2, -0.15) is 0 Å². The minimum Gasteiger partial charge on any atom is -0.465 e. The zero-order chi connectivity index (χ0) is 35.2. The van der Waals surface area contributed by atoms with Crippen molar-refractivity contribution in [2.75, 3.05) is 35.8 Å². The number of hydrogen-bond donors (Lipinski definition) is 1. The second-order valence-electron chi connectivity index (χ2n) is 9.57. The summed E-state index contributed by atoms with van der Waals surface area (Å²) in [7, 11) is -4.25. The van der Waals surface area contributed by atoms with Gasteiger partial charge in [-0.05, 0) is 54.1 Å². The minimum absolute atomic E-state index is 0.0689. The number of nitrogens with one attached hydrogen (secondary N) is 1. The fraction of sp³-hybridized carbons (Fsp3) is 0.188. The number of esters is 2. The van der Waals surface area contributed by atoms with Crippen molar-refractivity contribution in [2.24, 2.45) is 0 Å². The third-order valence-electron chi connectivity index (χ3n) is 5.93. The van der Waals surface area contributed by atoms with Crippen molar-refractivity contribution in [3.8, 4) is 0 Å². The summed E-state index contributed by atoms with van der Waals surface area (Å²) < 4.78 is 85.1. The van der Waals surface area contributed by atoms with E-state index in [9.17, 15) is 35.2 Å². The van der Waals surface area contributed by atoms with E-state index in [1.165, 1.54) is 38.5 Å². The molecule has 0 unspecified atom stereocenters. The molecule has 4 rings (SSSR count). The summed E-state index contributed by atoms with van der Waals surface area (Å²) in [6, 6.07) is 25.2. The minimum atomic E-state index is -3.59. The predicted molar refractivity (Wildman–Crippen MR) is 180 cm³/mol. The van der Waals surface area contributed by atoms with E-state index in [-0.39, 0.29) is 23.2 Å². The number of hydrogen-bond acceptors (Lipinski definition) is 8. The quantitative estimate of drug-likeness (QED) is 0.159. The molecule has 0 amide bonds. The number of ether oxygens (including phenoxy) is 2. The summed E-state index contributed by atoms with van der Waals surface area (Å²) in [6.45, 7) is -0.171. The van der Waals surface area contributed by atoms with E-state index in [4.69, 9.17) is 0 Å². The molecule has 0 atom stereocenters. The Balaban J connectivity index is 0.000000270. The van der Waals surface area contributed by atoms with Gasteiger partial charge in [-0.15, -0.1) is 0 Å². The van der Waals surface area contributed by atoms with Gasteiger partial charge in [0.15, 0.2) is 0 Å². The molecular weight excluding hydrogens is 722 g/mol. The first-order chi connectivity index (χ1) is 22.1. The smallest absolute Gasteiger partial charge is 0.337 e. The number of halogens is 3. The first kappa shape index (κ1) is 38.8.